The summed E-state index contributed by atoms with van der Waals surface area (Å²) in [6.07, 6.45) is 7.05. The average molecular weight is 347 g/mol. The molecule has 0 spiro atoms. The van der Waals surface area contributed by atoms with E-state index in [0.717, 1.165) is 31.2 Å². The molecule has 0 saturated heterocycles. The van der Waals surface area contributed by atoms with E-state index < -0.39 is 11.9 Å². The van der Waals surface area contributed by atoms with Crippen LogP contribution in [0.5, 0.6) is 0 Å². The van der Waals surface area contributed by atoms with Gasteiger partial charge in [-0.1, -0.05) is 31.4 Å². The Morgan fingerprint density at radius 1 is 1.08 bits per heavy atom. The van der Waals surface area contributed by atoms with Crippen molar-refractivity contribution < 1.29 is 19.1 Å². The van der Waals surface area contributed by atoms with Crippen LogP contribution in [0, 0.1) is 17.7 Å². The maximum absolute atomic E-state index is 13.3. The van der Waals surface area contributed by atoms with E-state index in [9.17, 15) is 14.0 Å². The Bertz CT molecular complexity index is 622. The molecule has 2 N–H and O–H groups in total. The van der Waals surface area contributed by atoms with Crippen LogP contribution >= 0.6 is 0 Å². The van der Waals surface area contributed by atoms with Crippen LogP contribution in [-0.4, -0.2) is 23.5 Å². The van der Waals surface area contributed by atoms with Crippen molar-refractivity contribution in [3.8, 4) is 0 Å². The van der Waals surface area contributed by atoms with Crippen molar-refractivity contribution in [1.29, 1.82) is 0 Å². The molecule has 3 rings (SSSR count). The van der Waals surface area contributed by atoms with Gasteiger partial charge in [-0.15, -0.1) is 0 Å². The van der Waals surface area contributed by atoms with Crippen LogP contribution in [0.2, 0.25) is 0 Å². The molecule has 2 saturated carbocycles. The SMILES string of the molecule is O=C(O)[C@@H]1CC[C@H](C(=O)NCC2(c3ccc(F)cc3)CCCCC2)C1. The number of carbonyl (C=O) groups is 2. The molecular formula is C20H26FNO3. The van der Waals surface area contributed by atoms with Crippen molar-refractivity contribution in [2.24, 2.45) is 11.8 Å². The largest absolute Gasteiger partial charge is 0.481 e. The van der Waals surface area contributed by atoms with Crippen LogP contribution in [0.3, 0.4) is 0 Å². The van der Waals surface area contributed by atoms with Crippen molar-refractivity contribution in [3.63, 3.8) is 0 Å². The summed E-state index contributed by atoms with van der Waals surface area (Å²) in [7, 11) is 0. The standard InChI is InChI=1S/C20H26FNO3/c21-17-8-6-16(7-9-17)20(10-2-1-3-11-20)13-22-18(23)14-4-5-15(12-14)19(24)25/h6-9,14-15H,1-5,10-13H2,(H,22,23)(H,24,25)/t14-,15+/m0/s1. The van der Waals surface area contributed by atoms with Gasteiger partial charge in [0.2, 0.25) is 5.91 Å². The molecule has 0 heterocycles. The van der Waals surface area contributed by atoms with Gasteiger partial charge in [-0.2, -0.15) is 0 Å². The first-order chi connectivity index (χ1) is 12.0. The number of hydrogen-bond acceptors (Lipinski definition) is 2. The lowest BCUT2D eigenvalue weighted by Crippen LogP contribution is -2.43. The molecule has 0 aliphatic heterocycles. The van der Waals surface area contributed by atoms with Crippen LogP contribution in [-0.2, 0) is 15.0 Å². The highest BCUT2D eigenvalue weighted by molar-refractivity contribution is 5.81. The molecule has 2 fully saturated rings. The maximum Gasteiger partial charge on any atom is 0.306 e. The highest BCUT2D eigenvalue weighted by Gasteiger charge is 2.37. The number of carbonyl (C=O) groups excluding carboxylic acids is 1. The fraction of sp³-hybridized carbons (Fsp3) is 0.600. The minimum absolute atomic E-state index is 0.0317. The zero-order valence-electron chi connectivity index (χ0n) is 14.5. The summed E-state index contributed by atoms with van der Waals surface area (Å²) in [5.74, 6) is -1.67. The van der Waals surface area contributed by atoms with E-state index in [4.69, 9.17) is 5.11 Å². The Morgan fingerprint density at radius 3 is 2.32 bits per heavy atom. The minimum Gasteiger partial charge on any atom is -0.481 e. The molecule has 1 aromatic rings. The Kier molecular flexibility index (Phi) is 5.40. The Labute approximate surface area is 147 Å². The number of amides is 1. The number of aliphatic carboxylic acids is 1. The second-order valence-corrected chi connectivity index (χ2v) is 7.61. The highest BCUT2D eigenvalue weighted by atomic mass is 19.1. The van der Waals surface area contributed by atoms with Gasteiger partial charge in [0.1, 0.15) is 5.82 Å². The summed E-state index contributed by atoms with van der Waals surface area (Å²) in [4.78, 5) is 23.6. The molecule has 0 aromatic heterocycles. The Hall–Kier alpha value is -1.91. The summed E-state index contributed by atoms with van der Waals surface area (Å²) in [6.45, 7) is 0.547. The van der Waals surface area contributed by atoms with Crippen molar-refractivity contribution in [2.45, 2.75) is 56.8 Å². The lowest BCUT2D eigenvalue weighted by Gasteiger charge is -2.38. The van der Waals surface area contributed by atoms with Crippen LogP contribution < -0.4 is 5.32 Å². The molecule has 5 heteroatoms. The zero-order chi connectivity index (χ0) is 17.9. The number of rotatable bonds is 5. The molecule has 1 amide bonds. The number of benzene rings is 1. The second kappa shape index (κ2) is 7.54. The molecule has 0 bridgehead atoms. The van der Waals surface area contributed by atoms with Gasteiger partial charge in [0, 0.05) is 17.9 Å². The predicted octanol–water partition coefficient (Wildman–Crippen LogP) is 3.64. The van der Waals surface area contributed by atoms with Crippen molar-refractivity contribution >= 4 is 11.9 Å². The molecular weight excluding hydrogens is 321 g/mol. The zero-order valence-corrected chi connectivity index (χ0v) is 14.5. The summed E-state index contributed by atoms with van der Waals surface area (Å²) in [5.41, 5.74) is 0.954. The molecule has 25 heavy (non-hydrogen) atoms. The predicted molar refractivity (Wildman–Crippen MR) is 92.6 cm³/mol. The molecule has 136 valence electrons. The smallest absolute Gasteiger partial charge is 0.306 e. The Morgan fingerprint density at radius 2 is 1.72 bits per heavy atom. The van der Waals surface area contributed by atoms with E-state index in [1.165, 1.54) is 18.6 Å². The molecule has 2 aliphatic rings. The van der Waals surface area contributed by atoms with Crippen LogP contribution in [0.4, 0.5) is 4.39 Å². The molecule has 0 unspecified atom stereocenters. The normalized spacial score (nSPS) is 25.5. The topological polar surface area (TPSA) is 66.4 Å². The van der Waals surface area contributed by atoms with Crippen LogP contribution in [0.25, 0.3) is 0 Å². The molecule has 0 radical (unpaired) electrons. The van der Waals surface area contributed by atoms with Gasteiger partial charge in [-0.3, -0.25) is 9.59 Å². The van der Waals surface area contributed by atoms with E-state index in [2.05, 4.69) is 5.32 Å². The maximum atomic E-state index is 13.3. The highest BCUT2D eigenvalue weighted by Crippen LogP contribution is 2.39. The summed E-state index contributed by atoms with van der Waals surface area (Å²) < 4.78 is 13.3. The van der Waals surface area contributed by atoms with Gasteiger partial charge < -0.3 is 10.4 Å². The lowest BCUT2D eigenvalue weighted by atomic mass is 9.69. The van der Waals surface area contributed by atoms with Crippen molar-refractivity contribution in [3.05, 3.63) is 35.6 Å². The van der Waals surface area contributed by atoms with Gasteiger partial charge in [0.15, 0.2) is 0 Å². The third-order valence-electron chi connectivity index (χ3n) is 6.02. The fourth-order valence-corrected chi connectivity index (χ4v) is 4.44. The minimum atomic E-state index is -0.801. The number of carboxylic acids is 1. The fourth-order valence-electron chi connectivity index (χ4n) is 4.44. The third kappa shape index (κ3) is 4.02. The van der Waals surface area contributed by atoms with E-state index in [1.54, 1.807) is 0 Å². The second-order valence-electron chi connectivity index (χ2n) is 7.61. The van der Waals surface area contributed by atoms with Crippen molar-refractivity contribution in [2.75, 3.05) is 6.54 Å². The van der Waals surface area contributed by atoms with Gasteiger partial charge in [0.05, 0.1) is 5.92 Å². The summed E-state index contributed by atoms with van der Waals surface area (Å²) in [5, 5.41) is 12.2. The first-order valence-corrected chi connectivity index (χ1v) is 9.27. The lowest BCUT2D eigenvalue weighted by molar-refractivity contribution is -0.141. The summed E-state index contributed by atoms with van der Waals surface area (Å²) >= 11 is 0. The van der Waals surface area contributed by atoms with Crippen molar-refractivity contribution in [1.82, 2.24) is 5.32 Å². The van der Waals surface area contributed by atoms with Gasteiger partial charge in [0.25, 0.3) is 0 Å². The number of carboxylic acid groups (broad SMARTS) is 1. The van der Waals surface area contributed by atoms with Gasteiger partial charge in [-0.05, 0) is 49.8 Å². The quantitative estimate of drug-likeness (QED) is 0.854. The average Bonchev–Trinajstić information content (AvgIpc) is 3.12. The Balaban J connectivity index is 1.66. The summed E-state index contributed by atoms with van der Waals surface area (Å²) in [6, 6.07) is 6.65. The first kappa shape index (κ1) is 17.9. The molecule has 1 aromatic carbocycles. The number of hydrogen-bond donors (Lipinski definition) is 2. The molecule has 2 atom stereocenters. The van der Waals surface area contributed by atoms with Gasteiger partial charge in [-0.25, -0.2) is 4.39 Å². The molecule has 4 nitrogen and oxygen atoms in total. The number of nitrogens with one attached hydrogen (secondary N) is 1. The van der Waals surface area contributed by atoms with Crippen LogP contribution in [0.1, 0.15) is 56.9 Å². The monoisotopic (exact) mass is 347 g/mol. The van der Waals surface area contributed by atoms with Gasteiger partial charge >= 0.3 is 5.97 Å². The third-order valence-corrected chi connectivity index (χ3v) is 6.02. The van der Waals surface area contributed by atoms with E-state index >= 15 is 0 Å². The van der Waals surface area contributed by atoms with E-state index in [0.29, 0.717) is 25.8 Å². The molecule has 2 aliphatic carbocycles. The van der Waals surface area contributed by atoms with E-state index in [-0.39, 0.29) is 23.1 Å². The van der Waals surface area contributed by atoms with Crippen LogP contribution in [0.15, 0.2) is 24.3 Å². The first-order valence-electron chi connectivity index (χ1n) is 9.27. The van der Waals surface area contributed by atoms with E-state index in [1.807, 2.05) is 12.1 Å². The number of halogens is 1.